The van der Waals surface area contributed by atoms with Crippen LogP contribution < -0.4 is 21.5 Å². The van der Waals surface area contributed by atoms with Crippen LogP contribution in [-0.4, -0.2) is 33.1 Å². The maximum absolute atomic E-state index is 13.2. The average Bonchev–Trinajstić information content (AvgIpc) is 3.24. The molecule has 1 aliphatic heterocycles. The van der Waals surface area contributed by atoms with E-state index in [9.17, 15) is 14.4 Å². The third-order valence-corrected chi connectivity index (χ3v) is 7.10. The van der Waals surface area contributed by atoms with Gasteiger partial charge in [0.2, 0.25) is 5.91 Å². The van der Waals surface area contributed by atoms with Gasteiger partial charge in [-0.3, -0.25) is 18.7 Å². The Morgan fingerprint density at radius 3 is 2.59 bits per heavy atom. The van der Waals surface area contributed by atoms with Crippen molar-refractivity contribution in [3.63, 3.8) is 0 Å². The molecule has 9 heteroatoms. The molecule has 0 aliphatic carbocycles. The second-order valence-electron chi connectivity index (χ2n) is 8.32. The molecular formula is C23H29N5O3S. The first-order chi connectivity index (χ1) is 15.4. The summed E-state index contributed by atoms with van der Waals surface area (Å²) in [4.78, 5) is 46.0. The van der Waals surface area contributed by atoms with Crippen molar-refractivity contribution in [2.45, 2.75) is 59.5 Å². The smallest absolute Gasteiger partial charge is 0.333 e. The van der Waals surface area contributed by atoms with Gasteiger partial charge in [-0.15, -0.1) is 0 Å². The number of hydrogen-bond acceptors (Lipinski definition) is 6. The summed E-state index contributed by atoms with van der Waals surface area (Å²) in [5.41, 5.74) is 2.26. The molecule has 1 aromatic carbocycles. The van der Waals surface area contributed by atoms with E-state index < -0.39 is 5.69 Å². The number of amides is 1. The van der Waals surface area contributed by atoms with Crippen LogP contribution in [0.2, 0.25) is 0 Å². The van der Waals surface area contributed by atoms with Crippen molar-refractivity contribution in [1.29, 1.82) is 0 Å². The van der Waals surface area contributed by atoms with E-state index in [1.165, 1.54) is 26.9 Å². The van der Waals surface area contributed by atoms with Gasteiger partial charge in [-0.05, 0) is 56.7 Å². The lowest BCUT2D eigenvalue weighted by Gasteiger charge is -2.25. The third-order valence-electron chi connectivity index (χ3n) is 6.01. The Morgan fingerprint density at radius 2 is 1.88 bits per heavy atom. The van der Waals surface area contributed by atoms with Crippen LogP contribution in [-0.2, 0) is 17.9 Å². The maximum atomic E-state index is 13.2. The highest BCUT2D eigenvalue weighted by molar-refractivity contribution is 7.22. The van der Waals surface area contributed by atoms with Gasteiger partial charge in [-0.25, -0.2) is 9.78 Å². The number of nitrogens with one attached hydrogen (secondary N) is 1. The van der Waals surface area contributed by atoms with Crippen LogP contribution in [0.3, 0.4) is 0 Å². The molecule has 1 aliphatic rings. The highest BCUT2D eigenvalue weighted by Gasteiger charge is 2.22. The Hall–Kier alpha value is -2.94. The zero-order valence-electron chi connectivity index (χ0n) is 18.8. The van der Waals surface area contributed by atoms with E-state index in [1.54, 1.807) is 0 Å². The van der Waals surface area contributed by atoms with Crippen molar-refractivity contribution in [2.24, 2.45) is 0 Å². The Balaban J connectivity index is 1.75. The molecule has 3 heterocycles. The Bertz CT molecular complexity index is 1270. The first-order valence-corrected chi connectivity index (χ1v) is 12.0. The van der Waals surface area contributed by atoms with Gasteiger partial charge in [0.25, 0.3) is 5.56 Å². The topological polar surface area (TPSA) is 89.2 Å². The molecule has 0 atom stereocenters. The molecule has 0 bridgehead atoms. The van der Waals surface area contributed by atoms with Gasteiger partial charge < -0.3 is 10.2 Å². The van der Waals surface area contributed by atoms with Gasteiger partial charge in [-0.2, -0.15) is 0 Å². The largest absolute Gasteiger partial charge is 0.348 e. The quantitative estimate of drug-likeness (QED) is 0.616. The van der Waals surface area contributed by atoms with E-state index in [0.717, 1.165) is 42.2 Å². The number of carbonyl (C=O) groups excluding carboxylic acids is 1. The summed E-state index contributed by atoms with van der Waals surface area (Å²) in [5, 5.41) is 3.65. The summed E-state index contributed by atoms with van der Waals surface area (Å²) in [5.74, 6) is -0.323. The average molecular weight is 456 g/mol. The van der Waals surface area contributed by atoms with Gasteiger partial charge in [0, 0.05) is 25.3 Å². The highest BCUT2D eigenvalue weighted by Crippen LogP contribution is 2.28. The fourth-order valence-corrected chi connectivity index (χ4v) is 5.14. The molecule has 170 valence electrons. The zero-order chi connectivity index (χ0) is 22.8. The van der Waals surface area contributed by atoms with Gasteiger partial charge in [0.15, 0.2) is 10.8 Å². The monoisotopic (exact) mass is 455 g/mol. The van der Waals surface area contributed by atoms with Crippen molar-refractivity contribution < 1.29 is 4.79 Å². The lowest BCUT2D eigenvalue weighted by atomic mass is 10.1. The van der Waals surface area contributed by atoms with Crippen LogP contribution >= 0.6 is 11.3 Å². The molecule has 0 spiro atoms. The van der Waals surface area contributed by atoms with Crippen LogP contribution in [0.15, 0.2) is 27.8 Å². The number of hydrogen-bond donors (Lipinski definition) is 1. The Kier molecular flexibility index (Phi) is 6.45. The number of anilines is 2. The molecule has 0 radical (unpaired) electrons. The van der Waals surface area contributed by atoms with E-state index in [-0.39, 0.29) is 18.0 Å². The molecule has 1 saturated heterocycles. The predicted octanol–water partition coefficient (Wildman–Crippen LogP) is 3.28. The van der Waals surface area contributed by atoms with Crippen molar-refractivity contribution in [2.75, 3.05) is 23.3 Å². The first-order valence-electron chi connectivity index (χ1n) is 11.2. The number of thiazole rings is 1. The van der Waals surface area contributed by atoms with Gasteiger partial charge in [0.05, 0.1) is 0 Å². The molecule has 8 nitrogen and oxygen atoms in total. The van der Waals surface area contributed by atoms with E-state index in [0.29, 0.717) is 29.0 Å². The molecule has 0 saturated carbocycles. The number of fused-ring (bicyclic) bond motifs is 1. The number of nitrogens with zero attached hydrogens (tertiary/aromatic N) is 4. The van der Waals surface area contributed by atoms with E-state index in [2.05, 4.69) is 15.2 Å². The molecule has 32 heavy (non-hydrogen) atoms. The SMILES string of the molecule is CCCn1c(=O)c2sc(N3CCCCC3)nc2n(CC(=O)Nc2cccc(C)c2C)c1=O. The molecular weight excluding hydrogens is 426 g/mol. The summed E-state index contributed by atoms with van der Waals surface area (Å²) in [6.07, 6.45) is 4.00. The standard InChI is InChI=1S/C23H29N5O3S/c1-4-11-27-21(30)19-20(25-22(32-19)26-12-6-5-7-13-26)28(23(27)31)14-18(29)24-17-10-8-9-15(2)16(17)3/h8-10H,4-7,11-14H2,1-3H3,(H,24,29). The number of aromatic nitrogens is 3. The molecule has 1 fully saturated rings. The maximum Gasteiger partial charge on any atom is 0.333 e. The third kappa shape index (κ3) is 4.21. The summed E-state index contributed by atoms with van der Waals surface area (Å²) in [7, 11) is 0. The summed E-state index contributed by atoms with van der Waals surface area (Å²) < 4.78 is 3.00. The number of piperidine rings is 1. The minimum atomic E-state index is -0.490. The van der Waals surface area contributed by atoms with Gasteiger partial charge >= 0.3 is 5.69 Å². The number of benzene rings is 1. The summed E-state index contributed by atoms with van der Waals surface area (Å²) in [6.45, 7) is 7.73. The molecule has 1 amide bonds. The number of aryl methyl sites for hydroxylation is 1. The molecule has 0 unspecified atom stereocenters. The highest BCUT2D eigenvalue weighted by atomic mass is 32.1. The fraction of sp³-hybridized carbons (Fsp3) is 0.478. The van der Waals surface area contributed by atoms with E-state index >= 15 is 0 Å². The predicted molar refractivity (Wildman–Crippen MR) is 129 cm³/mol. The van der Waals surface area contributed by atoms with Crippen molar-refractivity contribution in [3.8, 4) is 0 Å². The fourth-order valence-electron chi connectivity index (χ4n) is 4.07. The minimum Gasteiger partial charge on any atom is -0.348 e. The number of carbonyl (C=O) groups is 1. The Morgan fingerprint density at radius 1 is 1.12 bits per heavy atom. The van der Waals surface area contributed by atoms with Crippen LogP contribution in [0.1, 0.15) is 43.7 Å². The van der Waals surface area contributed by atoms with E-state index in [4.69, 9.17) is 0 Å². The van der Waals surface area contributed by atoms with Crippen molar-refractivity contribution in [3.05, 3.63) is 50.2 Å². The zero-order valence-corrected chi connectivity index (χ0v) is 19.6. The summed E-state index contributed by atoms with van der Waals surface area (Å²) in [6, 6.07) is 5.71. The van der Waals surface area contributed by atoms with Crippen LogP contribution in [0.4, 0.5) is 10.8 Å². The lowest BCUT2D eigenvalue weighted by molar-refractivity contribution is -0.116. The van der Waals surface area contributed by atoms with Gasteiger partial charge in [-0.1, -0.05) is 30.4 Å². The van der Waals surface area contributed by atoms with Crippen LogP contribution in [0.25, 0.3) is 10.3 Å². The normalized spacial score (nSPS) is 14.2. The van der Waals surface area contributed by atoms with Crippen LogP contribution in [0.5, 0.6) is 0 Å². The second-order valence-corrected chi connectivity index (χ2v) is 9.30. The van der Waals surface area contributed by atoms with Gasteiger partial charge in [0.1, 0.15) is 11.2 Å². The molecule has 2 aromatic heterocycles. The molecule has 3 aromatic rings. The first kappa shape index (κ1) is 22.3. The van der Waals surface area contributed by atoms with Crippen molar-refractivity contribution in [1.82, 2.24) is 14.1 Å². The summed E-state index contributed by atoms with van der Waals surface area (Å²) >= 11 is 1.32. The molecule has 1 N–H and O–H groups in total. The lowest BCUT2D eigenvalue weighted by Crippen LogP contribution is -2.41. The van der Waals surface area contributed by atoms with Crippen molar-refractivity contribution >= 4 is 38.4 Å². The second kappa shape index (κ2) is 9.28. The Labute approximate surface area is 190 Å². The minimum absolute atomic E-state index is 0.199. The van der Waals surface area contributed by atoms with Crippen LogP contribution in [0, 0.1) is 13.8 Å². The number of rotatable bonds is 6. The molecule has 4 rings (SSSR count). The van der Waals surface area contributed by atoms with E-state index in [1.807, 2.05) is 39.0 Å².